The minimum absolute atomic E-state index is 0.228. The van der Waals surface area contributed by atoms with Gasteiger partial charge in [0.15, 0.2) is 0 Å². The van der Waals surface area contributed by atoms with Crippen LogP contribution in [0.3, 0.4) is 0 Å². The van der Waals surface area contributed by atoms with Crippen molar-refractivity contribution in [1.82, 2.24) is 10.3 Å². The average molecular weight is 287 g/mol. The summed E-state index contributed by atoms with van der Waals surface area (Å²) in [4.78, 5) is 25.3. The number of carboxylic acids is 1. The molecule has 7 nitrogen and oxygen atoms in total. The molecule has 0 fully saturated rings. The van der Waals surface area contributed by atoms with Crippen LogP contribution in [0, 0.1) is 10.1 Å². The van der Waals surface area contributed by atoms with E-state index in [4.69, 9.17) is 0 Å². The molecule has 0 aliphatic rings. The zero-order chi connectivity index (χ0) is 15.2. The average Bonchev–Trinajstić information content (AvgIpc) is 2.47. The molecule has 7 heteroatoms. The molecule has 21 heavy (non-hydrogen) atoms. The molecule has 0 aliphatic heterocycles. The van der Waals surface area contributed by atoms with Crippen molar-refractivity contribution in [3.05, 3.63) is 69.5 Å². The standard InChI is InChI=1S/C14H13N3O4/c18-14(19)13-11(2-1-3-12(13)17(20)21)9-16-8-10-4-6-15-7-5-10/h1-7,16H,8-9H2,(H,18,19). The summed E-state index contributed by atoms with van der Waals surface area (Å²) >= 11 is 0. The molecule has 0 saturated carbocycles. The van der Waals surface area contributed by atoms with Gasteiger partial charge in [0.25, 0.3) is 5.69 Å². The normalized spacial score (nSPS) is 10.3. The number of aromatic carboxylic acids is 1. The number of nitrogens with one attached hydrogen (secondary N) is 1. The maximum atomic E-state index is 11.2. The number of nitrogens with zero attached hydrogens (tertiary/aromatic N) is 2. The van der Waals surface area contributed by atoms with Crippen molar-refractivity contribution in [3.63, 3.8) is 0 Å². The van der Waals surface area contributed by atoms with Crippen molar-refractivity contribution < 1.29 is 14.8 Å². The van der Waals surface area contributed by atoms with Crippen molar-refractivity contribution >= 4 is 11.7 Å². The lowest BCUT2D eigenvalue weighted by atomic mass is 10.1. The highest BCUT2D eigenvalue weighted by atomic mass is 16.6. The number of nitro groups is 1. The Bertz CT molecular complexity index is 659. The van der Waals surface area contributed by atoms with Crippen molar-refractivity contribution in [2.24, 2.45) is 0 Å². The van der Waals surface area contributed by atoms with E-state index in [1.165, 1.54) is 12.1 Å². The Kier molecular flexibility index (Phi) is 4.57. The number of rotatable bonds is 6. The third-order valence-corrected chi connectivity index (χ3v) is 2.93. The Morgan fingerprint density at radius 3 is 2.57 bits per heavy atom. The van der Waals surface area contributed by atoms with Crippen LogP contribution in [-0.4, -0.2) is 21.0 Å². The van der Waals surface area contributed by atoms with Gasteiger partial charge in [-0.3, -0.25) is 15.1 Å². The van der Waals surface area contributed by atoms with Crippen molar-refractivity contribution in [3.8, 4) is 0 Å². The molecule has 2 rings (SSSR count). The van der Waals surface area contributed by atoms with Crippen LogP contribution in [0.4, 0.5) is 5.69 Å². The summed E-state index contributed by atoms with van der Waals surface area (Å²) < 4.78 is 0. The summed E-state index contributed by atoms with van der Waals surface area (Å²) in [5, 5.41) is 23.1. The lowest BCUT2D eigenvalue weighted by molar-refractivity contribution is -0.385. The number of aromatic nitrogens is 1. The van der Waals surface area contributed by atoms with Crippen molar-refractivity contribution in [1.29, 1.82) is 0 Å². The summed E-state index contributed by atoms with van der Waals surface area (Å²) in [6.07, 6.45) is 3.32. The maximum Gasteiger partial charge on any atom is 0.343 e. The van der Waals surface area contributed by atoms with Crippen LogP contribution in [-0.2, 0) is 13.1 Å². The van der Waals surface area contributed by atoms with Crippen LogP contribution in [0.15, 0.2) is 42.7 Å². The SMILES string of the molecule is O=C(O)c1c(CNCc2ccncc2)cccc1[N+](=O)[O-]. The van der Waals surface area contributed by atoms with Crippen LogP contribution >= 0.6 is 0 Å². The number of nitro benzene ring substituents is 1. The fourth-order valence-electron chi connectivity index (χ4n) is 1.98. The topological polar surface area (TPSA) is 105 Å². The second-order valence-electron chi connectivity index (χ2n) is 4.33. The molecule has 0 unspecified atom stereocenters. The minimum Gasteiger partial charge on any atom is -0.477 e. The highest BCUT2D eigenvalue weighted by Gasteiger charge is 2.22. The number of carboxylic acid groups (broad SMARTS) is 1. The van der Waals surface area contributed by atoms with Crippen LogP contribution < -0.4 is 5.32 Å². The fraction of sp³-hybridized carbons (Fsp3) is 0.143. The highest BCUT2D eigenvalue weighted by molar-refractivity contribution is 5.94. The van der Waals surface area contributed by atoms with E-state index in [-0.39, 0.29) is 12.1 Å². The lowest BCUT2D eigenvalue weighted by Crippen LogP contribution is -2.16. The van der Waals surface area contributed by atoms with Gasteiger partial charge in [0.05, 0.1) is 4.92 Å². The van der Waals surface area contributed by atoms with Gasteiger partial charge in [-0.2, -0.15) is 0 Å². The molecular formula is C14H13N3O4. The van der Waals surface area contributed by atoms with E-state index in [2.05, 4.69) is 10.3 Å². The molecule has 108 valence electrons. The van der Waals surface area contributed by atoms with Gasteiger partial charge in [-0.1, -0.05) is 12.1 Å². The second kappa shape index (κ2) is 6.58. The Labute approximate surface area is 120 Å². The van der Waals surface area contributed by atoms with Gasteiger partial charge >= 0.3 is 5.97 Å². The Balaban J connectivity index is 2.14. The van der Waals surface area contributed by atoms with E-state index < -0.39 is 16.6 Å². The molecule has 0 amide bonds. The van der Waals surface area contributed by atoms with E-state index in [1.54, 1.807) is 18.5 Å². The molecule has 1 aromatic heterocycles. The molecule has 0 aliphatic carbocycles. The molecule has 0 bridgehead atoms. The smallest absolute Gasteiger partial charge is 0.343 e. The molecule has 1 aromatic carbocycles. The van der Waals surface area contributed by atoms with E-state index in [9.17, 15) is 20.0 Å². The molecule has 1 heterocycles. The van der Waals surface area contributed by atoms with Gasteiger partial charge < -0.3 is 10.4 Å². The first kappa shape index (κ1) is 14.6. The summed E-state index contributed by atoms with van der Waals surface area (Å²) in [5.74, 6) is -1.30. The predicted molar refractivity (Wildman–Crippen MR) is 74.8 cm³/mol. The first-order valence-corrected chi connectivity index (χ1v) is 6.19. The number of hydrogen-bond acceptors (Lipinski definition) is 5. The fourth-order valence-corrected chi connectivity index (χ4v) is 1.98. The van der Waals surface area contributed by atoms with E-state index in [0.717, 1.165) is 5.56 Å². The summed E-state index contributed by atoms with van der Waals surface area (Å²) in [6.45, 7) is 0.746. The summed E-state index contributed by atoms with van der Waals surface area (Å²) in [5.41, 5.74) is 0.702. The number of benzene rings is 1. The zero-order valence-corrected chi connectivity index (χ0v) is 11.0. The molecular weight excluding hydrogens is 274 g/mol. The Morgan fingerprint density at radius 1 is 1.24 bits per heavy atom. The number of pyridine rings is 1. The Morgan fingerprint density at radius 2 is 1.95 bits per heavy atom. The van der Waals surface area contributed by atoms with Crippen LogP contribution in [0.1, 0.15) is 21.5 Å². The monoisotopic (exact) mass is 287 g/mol. The van der Waals surface area contributed by atoms with Crippen molar-refractivity contribution in [2.45, 2.75) is 13.1 Å². The highest BCUT2D eigenvalue weighted by Crippen LogP contribution is 2.22. The number of hydrogen-bond donors (Lipinski definition) is 2. The molecule has 2 N–H and O–H groups in total. The lowest BCUT2D eigenvalue weighted by Gasteiger charge is -2.08. The quantitative estimate of drug-likeness (QED) is 0.621. The number of carbonyl (C=O) groups is 1. The summed E-state index contributed by atoms with van der Waals surface area (Å²) in [6, 6.07) is 7.90. The van der Waals surface area contributed by atoms with Gasteiger partial charge in [0.1, 0.15) is 5.56 Å². The minimum atomic E-state index is -1.30. The largest absolute Gasteiger partial charge is 0.477 e. The van der Waals surface area contributed by atoms with E-state index in [1.807, 2.05) is 12.1 Å². The molecule has 0 radical (unpaired) electrons. The molecule has 0 atom stereocenters. The maximum absolute atomic E-state index is 11.2. The van der Waals surface area contributed by atoms with Crippen LogP contribution in [0.2, 0.25) is 0 Å². The van der Waals surface area contributed by atoms with Gasteiger partial charge in [0, 0.05) is 31.5 Å². The molecule has 2 aromatic rings. The second-order valence-corrected chi connectivity index (χ2v) is 4.33. The third kappa shape index (κ3) is 3.61. The zero-order valence-electron chi connectivity index (χ0n) is 11.0. The van der Waals surface area contributed by atoms with Crippen molar-refractivity contribution in [2.75, 3.05) is 0 Å². The summed E-state index contributed by atoms with van der Waals surface area (Å²) in [7, 11) is 0. The van der Waals surface area contributed by atoms with Gasteiger partial charge in [-0.15, -0.1) is 0 Å². The predicted octanol–water partition coefficient (Wildman–Crippen LogP) is 1.98. The molecule has 0 spiro atoms. The van der Waals surface area contributed by atoms with E-state index in [0.29, 0.717) is 12.1 Å². The Hall–Kier alpha value is -2.80. The van der Waals surface area contributed by atoms with Crippen LogP contribution in [0.25, 0.3) is 0 Å². The van der Waals surface area contributed by atoms with Crippen LogP contribution in [0.5, 0.6) is 0 Å². The third-order valence-electron chi connectivity index (χ3n) is 2.93. The first-order chi connectivity index (χ1) is 10.1. The van der Waals surface area contributed by atoms with E-state index >= 15 is 0 Å². The van der Waals surface area contributed by atoms with Gasteiger partial charge in [0.2, 0.25) is 0 Å². The van der Waals surface area contributed by atoms with Gasteiger partial charge in [-0.05, 0) is 23.3 Å². The molecule has 0 saturated heterocycles. The first-order valence-electron chi connectivity index (χ1n) is 6.19. The van der Waals surface area contributed by atoms with Gasteiger partial charge in [-0.25, -0.2) is 4.79 Å².